The first-order valence-corrected chi connectivity index (χ1v) is 6.70. The first kappa shape index (κ1) is 17.0. The van der Waals surface area contributed by atoms with Crippen LogP contribution in [0.15, 0.2) is 15.5 Å². The minimum absolute atomic E-state index is 0.0140. The van der Waals surface area contributed by atoms with Gasteiger partial charge in [-0.25, -0.2) is 4.68 Å². The van der Waals surface area contributed by atoms with Crippen molar-refractivity contribution in [3.05, 3.63) is 21.0 Å². The van der Waals surface area contributed by atoms with Gasteiger partial charge in [-0.3, -0.25) is 4.79 Å². The molecule has 1 atom stereocenters. The van der Waals surface area contributed by atoms with Crippen LogP contribution >= 0.6 is 15.9 Å². The molecule has 5 nitrogen and oxygen atoms in total. The molecule has 1 N–H and O–H groups in total. The van der Waals surface area contributed by atoms with Crippen molar-refractivity contribution in [1.82, 2.24) is 9.78 Å². The van der Waals surface area contributed by atoms with E-state index in [0.717, 1.165) is 0 Å². The summed E-state index contributed by atoms with van der Waals surface area (Å²) in [5.41, 5.74) is -0.503. The minimum atomic E-state index is -4.49. The van der Waals surface area contributed by atoms with Crippen LogP contribution in [-0.2, 0) is 11.3 Å². The van der Waals surface area contributed by atoms with Gasteiger partial charge in [0.25, 0.3) is 5.56 Å². The highest BCUT2D eigenvalue weighted by Gasteiger charge is 2.29. The highest BCUT2D eigenvalue weighted by molar-refractivity contribution is 9.10. The van der Waals surface area contributed by atoms with Gasteiger partial charge in [-0.2, -0.15) is 18.3 Å². The first-order chi connectivity index (χ1) is 9.24. The number of rotatable bonds is 6. The van der Waals surface area contributed by atoms with E-state index in [1.165, 1.54) is 6.20 Å². The minimum Gasteiger partial charge on any atom is -0.380 e. The van der Waals surface area contributed by atoms with Gasteiger partial charge in [0.15, 0.2) is 0 Å². The second kappa shape index (κ2) is 7.07. The van der Waals surface area contributed by atoms with E-state index in [2.05, 4.69) is 26.3 Å². The SMILES string of the molecule is CCOCC(C)Nc1cnn(CC(F)(F)F)c(=O)c1Br. The Morgan fingerprint density at radius 1 is 1.55 bits per heavy atom. The lowest BCUT2D eigenvalue weighted by molar-refractivity contribution is -0.143. The van der Waals surface area contributed by atoms with E-state index in [1.54, 1.807) is 0 Å². The Morgan fingerprint density at radius 2 is 2.20 bits per heavy atom. The van der Waals surface area contributed by atoms with E-state index in [4.69, 9.17) is 4.74 Å². The zero-order valence-electron chi connectivity index (χ0n) is 11.0. The van der Waals surface area contributed by atoms with Crippen molar-refractivity contribution < 1.29 is 17.9 Å². The molecule has 0 radical (unpaired) electrons. The molecule has 0 aliphatic carbocycles. The molecule has 0 saturated heterocycles. The lowest BCUT2D eigenvalue weighted by Gasteiger charge is -2.16. The van der Waals surface area contributed by atoms with Crippen molar-refractivity contribution >= 4 is 21.6 Å². The fraction of sp³-hybridized carbons (Fsp3) is 0.636. The van der Waals surface area contributed by atoms with Gasteiger partial charge in [0, 0.05) is 12.6 Å². The molecular weight excluding hydrogens is 343 g/mol. The molecule has 0 aromatic carbocycles. The van der Waals surface area contributed by atoms with Gasteiger partial charge < -0.3 is 10.1 Å². The average molecular weight is 358 g/mol. The third-order valence-electron chi connectivity index (χ3n) is 2.29. The summed E-state index contributed by atoms with van der Waals surface area (Å²) in [7, 11) is 0. The molecule has 0 fully saturated rings. The Balaban J connectivity index is 2.86. The van der Waals surface area contributed by atoms with Crippen molar-refractivity contribution in [3.63, 3.8) is 0 Å². The summed E-state index contributed by atoms with van der Waals surface area (Å²) in [4.78, 5) is 11.7. The molecule has 0 aliphatic rings. The molecule has 0 bridgehead atoms. The van der Waals surface area contributed by atoms with Crippen LogP contribution < -0.4 is 10.9 Å². The molecule has 20 heavy (non-hydrogen) atoms. The second-order valence-corrected chi connectivity index (χ2v) is 4.95. The quantitative estimate of drug-likeness (QED) is 0.849. The van der Waals surface area contributed by atoms with Crippen LogP contribution in [0.3, 0.4) is 0 Å². The van der Waals surface area contributed by atoms with Crippen LogP contribution in [0.4, 0.5) is 18.9 Å². The average Bonchev–Trinajstić information content (AvgIpc) is 2.34. The number of hydrogen-bond acceptors (Lipinski definition) is 4. The van der Waals surface area contributed by atoms with E-state index in [-0.39, 0.29) is 10.5 Å². The molecular formula is C11H15BrF3N3O2. The molecule has 0 amide bonds. The molecule has 0 saturated carbocycles. The Kier molecular flexibility index (Phi) is 6.00. The molecule has 0 spiro atoms. The van der Waals surface area contributed by atoms with Gasteiger partial charge in [0.2, 0.25) is 0 Å². The molecule has 9 heteroatoms. The van der Waals surface area contributed by atoms with Crippen LogP contribution in [0.5, 0.6) is 0 Å². The molecule has 1 heterocycles. The Labute approximate surface area is 122 Å². The van der Waals surface area contributed by atoms with Crippen LogP contribution in [0, 0.1) is 0 Å². The van der Waals surface area contributed by atoms with Crippen molar-refractivity contribution in [2.45, 2.75) is 32.6 Å². The van der Waals surface area contributed by atoms with Gasteiger partial charge in [-0.15, -0.1) is 0 Å². The van der Waals surface area contributed by atoms with E-state index >= 15 is 0 Å². The summed E-state index contributed by atoms with van der Waals surface area (Å²) in [5, 5.41) is 6.46. The highest BCUT2D eigenvalue weighted by atomic mass is 79.9. The zero-order valence-corrected chi connectivity index (χ0v) is 12.6. The molecule has 1 rings (SSSR count). The predicted octanol–water partition coefficient (Wildman–Crippen LogP) is 2.41. The normalized spacial score (nSPS) is 13.3. The largest absolute Gasteiger partial charge is 0.408 e. The number of anilines is 1. The predicted molar refractivity (Wildman–Crippen MR) is 71.8 cm³/mol. The van der Waals surface area contributed by atoms with Gasteiger partial charge in [-0.1, -0.05) is 0 Å². The summed E-state index contributed by atoms with van der Waals surface area (Å²) >= 11 is 2.99. The summed E-state index contributed by atoms with van der Waals surface area (Å²) in [6, 6.07) is -0.106. The molecule has 1 aromatic rings. The third-order valence-corrected chi connectivity index (χ3v) is 3.05. The van der Waals surface area contributed by atoms with Crippen molar-refractivity contribution in [2.75, 3.05) is 18.5 Å². The number of nitrogens with zero attached hydrogens (tertiary/aromatic N) is 2. The zero-order chi connectivity index (χ0) is 15.3. The molecule has 0 aliphatic heterocycles. The second-order valence-electron chi connectivity index (χ2n) is 4.16. The standard InChI is InChI=1S/C11H15BrF3N3O2/c1-3-20-5-7(2)17-8-4-16-18(6-11(13,14)15)10(19)9(8)12/h4,7,17H,3,5-6H2,1-2H3. The number of halogens is 4. The van der Waals surface area contributed by atoms with Gasteiger partial charge in [-0.05, 0) is 29.8 Å². The van der Waals surface area contributed by atoms with Crippen LogP contribution in [0.2, 0.25) is 0 Å². The molecule has 114 valence electrons. The van der Waals surface area contributed by atoms with Gasteiger partial charge in [0.05, 0.1) is 18.5 Å². The topological polar surface area (TPSA) is 56.1 Å². The fourth-order valence-electron chi connectivity index (χ4n) is 1.45. The van der Waals surface area contributed by atoms with E-state index in [1.807, 2.05) is 13.8 Å². The number of nitrogens with one attached hydrogen (secondary N) is 1. The smallest absolute Gasteiger partial charge is 0.380 e. The van der Waals surface area contributed by atoms with E-state index in [0.29, 0.717) is 23.6 Å². The maximum atomic E-state index is 12.3. The van der Waals surface area contributed by atoms with E-state index in [9.17, 15) is 18.0 Å². The third kappa shape index (κ3) is 5.12. The van der Waals surface area contributed by atoms with Crippen molar-refractivity contribution in [3.8, 4) is 0 Å². The lowest BCUT2D eigenvalue weighted by atomic mass is 10.3. The number of aromatic nitrogens is 2. The number of alkyl halides is 3. The summed E-state index contributed by atoms with van der Waals surface area (Å²) < 4.78 is 42.3. The maximum Gasteiger partial charge on any atom is 0.408 e. The number of ether oxygens (including phenoxy) is 1. The van der Waals surface area contributed by atoms with Gasteiger partial charge >= 0.3 is 6.18 Å². The maximum absolute atomic E-state index is 12.3. The Morgan fingerprint density at radius 3 is 2.75 bits per heavy atom. The first-order valence-electron chi connectivity index (χ1n) is 5.91. The van der Waals surface area contributed by atoms with Crippen LogP contribution in [-0.4, -0.2) is 35.2 Å². The van der Waals surface area contributed by atoms with Crippen LogP contribution in [0.1, 0.15) is 13.8 Å². The summed E-state index contributed by atoms with van der Waals surface area (Å²) in [5.74, 6) is 0. The Hall–Kier alpha value is -1.09. The number of hydrogen-bond donors (Lipinski definition) is 1. The molecule has 1 unspecified atom stereocenters. The summed E-state index contributed by atoms with van der Waals surface area (Å²) in [6.07, 6.45) is -3.31. The van der Waals surface area contributed by atoms with Gasteiger partial charge in [0.1, 0.15) is 11.0 Å². The van der Waals surface area contributed by atoms with Crippen molar-refractivity contribution in [2.24, 2.45) is 0 Å². The monoisotopic (exact) mass is 357 g/mol. The lowest BCUT2D eigenvalue weighted by Crippen LogP contribution is -2.32. The van der Waals surface area contributed by atoms with Crippen LogP contribution in [0.25, 0.3) is 0 Å². The molecule has 1 aromatic heterocycles. The van der Waals surface area contributed by atoms with E-state index < -0.39 is 18.3 Å². The Bertz CT molecular complexity index is 505. The van der Waals surface area contributed by atoms with Crippen molar-refractivity contribution in [1.29, 1.82) is 0 Å². The highest BCUT2D eigenvalue weighted by Crippen LogP contribution is 2.20. The summed E-state index contributed by atoms with van der Waals surface area (Å²) in [6.45, 7) is 3.22. The fourth-order valence-corrected chi connectivity index (χ4v) is 1.87.